The lowest BCUT2D eigenvalue weighted by atomic mass is 9.76. The largest absolute Gasteiger partial charge is 0.310 e. The predicted octanol–water partition coefficient (Wildman–Crippen LogP) is 19.3. The molecule has 0 saturated heterocycles. The Morgan fingerprint density at radius 1 is 0.353 bits per heavy atom. The molecule has 0 unspecified atom stereocenters. The van der Waals surface area contributed by atoms with E-state index in [-0.39, 0.29) is 27.1 Å². The minimum absolute atomic E-state index is 0.0694. The zero-order valence-electron chi connectivity index (χ0n) is 43.3. The summed E-state index contributed by atoms with van der Waals surface area (Å²) in [6.45, 7) is 35.3. The van der Waals surface area contributed by atoms with Crippen LogP contribution < -0.4 is 4.90 Å². The third kappa shape index (κ3) is 7.65. The van der Waals surface area contributed by atoms with E-state index in [9.17, 15) is 0 Å². The average molecular weight is 891 g/mol. The van der Waals surface area contributed by atoms with Gasteiger partial charge in [-0.25, -0.2) is 0 Å². The highest BCUT2D eigenvalue weighted by molar-refractivity contribution is 6.27. The molecule has 10 aromatic rings. The van der Waals surface area contributed by atoms with Gasteiger partial charge in [0.2, 0.25) is 0 Å². The summed E-state index contributed by atoms with van der Waals surface area (Å²) in [6.07, 6.45) is 0. The van der Waals surface area contributed by atoms with Gasteiger partial charge < -0.3 is 9.47 Å². The van der Waals surface area contributed by atoms with Crippen LogP contribution in [0.4, 0.5) is 17.1 Å². The molecule has 1 aromatic heterocycles. The zero-order chi connectivity index (χ0) is 48.5. The Balaban J connectivity index is 1.32. The number of hydrogen-bond acceptors (Lipinski definition) is 1. The Kier molecular flexibility index (Phi) is 10.4. The topological polar surface area (TPSA) is 8.17 Å². The molecular weight excluding hydrogens is 821 g/mol. The summed E-state index contributed by atoms with van der Waals surface area (Å²) in [5, 5.41) is 10.2. The monoisotopic (exact) mass is 891 g/mol. The van der Waals surface area contributed by atoms with Gasteiger partial charge in [-0.1, -0.05) is 207 Å². The first-order valence-electron chi connectivity index (χ1n) is 24.8. The fourth-order valence-electron chi connectivity index (χ4n) is 10.7. The normalized spacial score (nSPS) is 13.2. The van der Waals surface area contributed by atoms with E-state index in [1.807, 2.05) is 0 Å². The van der Waals surface area contributed by atoms with Crippen LogP contribution in [0.2, 0.25) is 0 Å². The second kappa shape index (κ2) is 15.6. The number of benzene rings is 9. The summed E-state index contributed by atoms with van der Waals surface area (Å²) < 4.78 is 2.48. The fourth-order valence-corrected chi connectivity index (χ4v) is 10.7. The summed E-state index contributed by atoms with van der Waals surface area (Å²) in [5.41, 5.74) is 16.1. The van der Waals surface area contributed by atoms with Gasteiger partial charge in [0.1, 0.15) is 0 Å². The molecule has 0 aliphatic carbocycles. The second-order valence-corrected chi connectivity index (χ2v) is 24.8. The molecule has 0 N–H and O–H groups in total. The molecule has 2 heteroatoms. The molecule has 1 heterocycles. The van der Waals surface area contributed by atoms with Crippen LogP contribution in [0.5, 0.6) is 0 Å². The molecule has 0 saturated carbocycles. The first-order chi connectivity index (χ1) is 31.9. The molecule has 9 aromatic carbocycles. The van der Waals surface area contributed by atoms with E-state index in [4.69, 9.17) is 0 Å². The van der Waals surface area contributed by atoms with Crippen molar-refractivity contribution in [3.05, 3.63) is 179 Å². The summed E-state index contributed by atoms with van der Waals surface area (Å²) in [7, 11) is 0. The van der Waals surface area contributed by atoms with E-state index in [0.29, 0.717) is 0 Å². The van der Waals surface area contributed by atoms with Crippen molar-refractivity contribution < 1.29 is 0 Å². The van der Waals surface area contributed by atoms with Crippen molar-refractivity contribution in [3.63, 3.8) is 0 Å². The Bertz CT molecular complexity index is 3470. The minimum Gasteiger partial charge on any atom is -0.310 e. The van der Waals surface area contributed by atoms with Crippen LogP contribution in [0.3, 0.4) is 0 Å². The standard InChI is InChI=1S/C66H70N2/c1-62(2,3)44-30-24-41(25-31-44)52-39-54(66(13,14)15)59(40-53(52)65(10,11)12)67(47-37-45(63(4,5)6)36-46(38-47)64(7,8)9)57-34-28-42-27-33-51-58(35-29-43-26-32-50(57)60(42)61(43)51)68-55-22-18-16-20-48(55)49-21-17-19-23-56(49)68/h16-40H,1-15H3. The third-order valence-corrected chi connectivity index (χ3v) is 14.6. The average Bonchev–Trinajstić information content (AvgIpc) is 3.61. The maximum Gasteiger partial charge on any atom is 0.0541 e. The van der Waals surface area contributed by atoms with Crippen LogP contribution in [0.15, 0.2) is 152 Å². The number of para-hydroxylation sites is 2. The molecule has 0 radical (unpaired) electrons. The van der Waals surface area contributed by atoms with Crippen LogP contribution in [0.1, 0.15) is 132 Å². The van der Waals surface area contributed by atoms with Crippen molar-refractivity contribution >= 4 is 71.2 Å². The van der Waals surface area contributed by atoms with E-state index in [1.165, 1.54) is 116 Å². The lowest BCUT2D eigenvalue weighted by molar-refractivity contribution is 0.568. The molecule has 344 valence electrons. The van der Waals surface area contributed by atoms with Crippen molar-refractivity contribution in [2.45, 2.75) is 131 Å². The molecule has 0 spiro atoms. The lowest BCUT2D eigenvalue weighted by Gasteiger charge is -2.37. The zero-order valence-corrected chi connectivity index (χ0v) is 43.3. The quantitative estimate of drug-likeness (QED) is 0.156. The summed E-state index contributed by atoms with van der Waals surface area (Å²) in [4.78, 5) is 2.65. The first kappa shape index (κ1) is 45.4. The third-order valence-electron chi connectivity index (χ3n) is 14.6. The highest BCUT2D eigenvalue weighted by atomic mass is 15.1. The molecule has 68 heavy (non-hydrogen) atoms. The molecule has 0 aliphatic rings. The van der Waals surface area contributed by atoms with Crippen LogP contribution in [0, 0.1) is 0 Å². The van der Waals surface area contributed by atoms with Crippen molar-refractivity contribution in [1.82, 2.24) is 4.57 Å². The maximum atomic E-state index is 2.65. The molecule has 0 aliphatic heterocycles. The van der Waals surface area contributed by atoms with Gasteiger partial charge in [-0.3, -0.25) is 0 Å². The van der Waals surface area contributed by atoms with E-state index in [2.05, 4.69) is 265 Å². The van der Waals surface area contributed by atoms with Crippen molar-refractivity contribution in [3.8, 4) is 16.8 Å². The Morgan fingerprint density at radius 3 is 1.37 bits per heavy atom. The predicted molar refractivity (Wildman–Crippen MR) is 298 cm³/mol. The summed E-state index contributed by atoms with van der Waals surface area (Å²) in [6, 6.07) is 58.5. The van der Waals surface area contributed by atoms with Gasteiger partial charge in [0.15, 0.2) is 0 Å². The van der Waals surface area contributed by atoms with Gasteiger partial charge in [-0.15, -0.1) is 0 Å². The molecule has 0 amide bonds. The second-order valence-electron chi connectivity index (χ2n) is 24.8. The number of aromatic nitrogens is 1. The molecule has 2 nitrogen and oxygen atoms in total. The van der Waals surface area contributed by atoms with Crippen LogP contribution >= 0.6 is 0 Å². The van der Waals surface area contributed by atoms with Crippen molar-refractivity contribution in [2.24, 2.45) is 0 Å². The first-order valence-corrected chi connectivity index (χ1v) is 24.8. The fraction of sp³-hybridized carbons (Fsp3) is 0.303. The molecule has 0 atom stereocenters. The number of rotatable bonds is 5. The van der Waals surface area contributed by atoms with E-state index >= 15 is 0 Å². The summed E-state index contributed by atoms with van der Waals surface area (Å²) in [5.74, 6) is 0. The maximum absolute atomic E-state index is 2.65. The van der Waals surface area contributed by atoms with E-state index in [0.717, 1.165) is 0 Å². The SMILES string of the molecule is CC(C)(C)c1ccc(-c2cc(C(C)(C)C)c(N(c3cc(C(C)(C)C)cc(C(C)(C)C)c3)c3ccc4ccc5c(-n6c7ccccc7c7ccccc76)ccc6ccc3c4c65)cc2C(C)(C)C)cc1. The number of fused-ring (bicyclic) bond motifs is 3. The summed E-state index contributed by atoms with van der Waals surface area (Å²) >= 11 is 0. The van der Waals surface area contributed by atoms with Gasteiger partial charge >= 0.3 is 0 Å². The Hall–Kier alpha value is -6.38. The van der Waals surface area contributed by atoms with Gasteiger partial charge in [-0.2, -0.15) is 0 Å². The van der Waals surface area contributed by atoms with Crippen LogP contribution in [0.25, 0.3) is 70.9 Å². The highest BCUT2D eigenvalue weighted by Crippen LogP contribution is 2.51. The number of nitrogens with zero attached hydrogens (tertiary/aromatic N) is 2. The molecule has 0 bridgehead atoms. The Morgan fingerprint density at radius 2 is 0.838 bits per heavy atom. The number of hydrogen-bond donors (Lipinski definition) is 0. The number of anilines is 3. The van der Waals surface area contributed by atoms with Crippen molar-refractivity contribution in [2.75, 3.05) is 4.90 Å². The highest BCUT2D eigenvalue weighted by Gasteiger charge is 2.32. The van der Waals surface area contributed by atoms with Gasteiger partial charge in [0.25, 0.3) is 0 Å². The van der Waals surface area contributed by atoms with Gasteiger partial charge in [0, 0.05) is 27.2 Å². The van der Waals surface area contributed by atoms with Gasteiger partial charge in [0.05, 0.1) is 28.1 Å². The smallest absolute Gasteiger partial charge is 0.0541 e. The lowest BCUT2D eigenvalue weighted by Crippen LogP contribution is -2.24. The van der Waals surface area contributed by atoms with E-state index in [1.54, 1.807) is 0 Å². The minimum atomic E-state index is -0.195. The van der Waals surface area contributed by atoms with Crippen LogP contribution in [-0.2, 0) is 27.1 Å². The van der Waals surface area contributed by atoms with Crippen LogP contribution in [-0.4, -0.2) is 4.57 Å². The molecule has 0 fully saturated rings. The van der Waals surface area contributed by atoms with Gasteiger partial charge in [-0.05, 0) is 136 Å². The van der Waals surface area contributed by atoms with E-state index < -0.39 is 0 Å². The molecule has 10 rings (SSSR count). The molecular formula is C66H70N2. The Labute approximate surface area is 406 Å². The van der Waals surface area contributed by atoms with Crippen molar-refractivity contribution in [1.29, 1.82) is 0 Å².